The topological polar surface area (TPSA) is 34.4 Å². The molecule has 3 rings (SSSR count). The molecule has 0 aliphatic rings. The highest BCUT2D eigenvalue weighted by molar-refractivity contribution is 5.92. The van der Waals surface area contributed by atoms with Crippen molar-refractivity contribution in [3.05, 3.63) is 65.9 Å². The van der Waals surface area contributed by atoms with E-state index in [4.69, 9.17) is 0 Å². The van der Waals surface area contributed by atoms with E-state index < -0.39 is 0 Å². The predicted octanol–water partition coefficient (Wildman–Crippen LogP) is 3.97. The molecule has 0 unspecified atom stereocenters. The van der Waals surface area contributed by atoms with Crippen LogP contribution >= 0.6 is 0 Å². The Kier molecular flexibility index (Phi) is 3.20. The standard InChI is InChI=1S/C17H14N2O/c1-13-6-8-14(9-7-13)10-19-11-16(18-12-20)15-4-2-3-5-17(15)19/h2-9,11H,10H2,1H3. The summed E-state index contributed by atoms with van der Waals surface area (Å²) in [5.41, 5.74) is 4.21. The number of para-hydroxylation sites is 1. The molecule has 1 aromatic heterocycles. The number of fused-ring (bicyclic) bond motifs is 1. The van der Waals surface area contributed by atoms with Gasteiger partial charge in [-0.15, -0.1) is 0 Å². The number of hydrogen-bond acceptors (Lipinski definition) is 2. The van der Waals surface area contributed by atoms with E-state index in [1.54, 1.807) is 6.08 Å². The molecular weight excluding hydrogens is 248 g/mol. The maximum atomic E-state index is 10.5. The summed E-state index contributed by atoms with van der Waals surface area (Å²) in [6.07, 6.45) is 3.52. The van der Waals surface area contributed by atoms with Crippen LogP contribution in [0.4, 0.5) is 5.69 Å². The van der Waals surface area contributed by atoms with E-state index in [2.05, 4.69) is 40.7 Å². The summed E-state index contributed by atoms with van der Waals surface area (Å²) in [5.74, 6) is 0. The molecule has 98 valence electrons. The number of hydrogen-bond donors (Lipinski definition) is 0. The van der Waals surface area contributed by atoms with Crippen LogP contribution < -0.4 is 0 Å². The van der Waals surface area contributed by atoms with Gasteiger partial charge in [0.25, 0.3) is 0 Å². The van der Waals surface area contributed by atoms with Crippen molar-refractivity contribution in [1.82, 2.24) is 4.57 Å². The van der Waals surface area contributed by atoms with Gasteiger partial charge >= 0.3 is 0 Å². The van der Waals surface area contributed by atoms with Crippen LogP contribution in [0.2, 0.25) is 0 Å². The van der Waals surface area contributed by atoms with E-state index in [9.17, 15) is 4.79 Å². The quantitative estimate of drug-likeness (QED) is 0.519. The molecule has 0 bridgehead atoms. The average molecular weight is 262 g/mol. The van der Waals surface area contributed by atoms with Gasteiger partial charge in [-0.3, -0.25) is 0 Å². The lowest BCUT2D eigenvalue weighted by Crippen LogP contribution is -1.97. The fourth-order valence-corrected chi connectivity index (χ4v) is 2.39. The number of carbonyl (C=O) groups excluding carboxylic acids is 1. The highest BCUT2D eigenvalue weighted by Gasteiger charge is 2.07. The molecule has 0 aliphatic carbocycles. The summed E-state index contributed by atoms with van der Waals surface area (Å²) in [6.45, 7) is 2.83. The zero-order chi connectivity index (χ0) is 13.9. The monoisotopic (exact) mass is 262 g/mol. The summed E-state index contributed by atoms with van der Waals surface area (Å²) >= 11 is 0. The third kappa shape index (κ3) is 2.27. The zero-order valence-electron chi connectivity index (χ0n) is 11.2. The molecular formula is C17H14N2O. The second kappa shape index (κ2) is 5.16. The number of benzene rings is 2. The minimum Gasteiger partial charge on any atom is -0.341 e. The van der Waals surface area contributed by atoms with Crippen molar-refractivity contribution in [2.24, 2.45) is 4.99 Å². The Morgan fingerprint density at radius 2 is 1.85 bits per heavy atom. The van der Waals surface area contributed by atoms with Crippen molar-refractivity contribution in [2.75, 3.05) is 0 Å². The van der Waals surface area contributed by atoms with E-state index in [1.807, 2.05) is 30.5 Å². The third-order valence-corrected chi connectivity index (χ3v) is 3.41. The summed E-state index contributed by atoms with van der Waals surface area (Å²) in [5, 5.41) is 0.975. The Morgan fingerprint density at radius 3 is 2.60 bits per heavy atom. The van der Waals surface area contributed by atoms with Crippen LogP contribution in [0, 0.1) is 6.92 Å². The van der Waals surface area contributed by atoms with Gasteiger partial charge in [-0.1, -0.05) is 48.0 Å². The fourth-order valence-electron chi connectivity index (χ4n) is 2.39. The van der Waals surface area contributed by atoms with Gasteiger partial charge in [-0.2, -0.15) is 4.99 Å². The average Bonchev–Trinajstić information content (AvgIpc) is 2.81. The highest BCUT2D eigenvalue weighted by Crippen LogP contribution is 2.28. The molecule has 3 nitrogen and oxygen atoms in total. The Bertz CT molecular complexity index is 793. The van der Waals surface area contributed by atoms with Crippen molar-refractivity contribution in [3.8, 4) is 0 Å². The number of isocyanates is 1. The first-order valence-electron chi connectivity index (χ1n) is 6.49. The SMILES string of the molecule is Cc1ccc(Cn2cc(N=C=O)c3ccccc32)cc1. The van der Waals surface area contributed by atoms with E-state index in [0.717, 1.165) is 17.4 Å². The highest BCUT2D eigenvalue weighted by atomic mass is 16.1. The lowest BCUT2D eigenvalue weighted by Gasteiger charge is -2.05. The summed E-state index contributed by atoms with van der Waals surface area (Å²) in [7, 11) is 0. The van der Waals surface area contributed by atoms with Gasteiger partial charge in [-0.25, -0.2) is 4.79 Å². The molecule has 1 heterocycles. The first kappa shape index (κ1) is 12.4. The molecule has 2 aromatic carbocycles. The van der Waals surface area contributed by atoms with Crippen LogP contribution in [0.25, 0.3) is 10.9 Å². The minimum atomic E-state index is 0.669. The van der Waals surface area contributed by atoms with E-state index in [1.165, 1.54) is 11.1 Å². The Labute approximate surface area is 117 Å². The molecule has 0 radical (unpaired) electrons. The molecule has 0 fully saturated rings. The maximum absolute atomic E-state index is 10.5. The molecule has 0 saturated carbocycles. The molecule has 3 heteroatoms. The molecule has 0 atom stereocenters. The van der Waals surface area contributed by atoms with Gasteiger partial charge in [0, 0.05) is 18.1 Å². The van der Waals surface area contributed by atoms with Gasteiger partial charge in [0.05, 0.1) is 5.52 Å². The van der Waals surface area contributed by atoms with Gasteiger partial charge in [-0.05, 0) is 18.6 Å². The van der Waals surface area contributed by atoms with Crippen molar-refractivity contribution >= 4 is 22.7 Å². The molecule has 0 saturated heterocycles. The van der Waals surface area contributed by atoms with E-state index in [0.29, 0.717) is 5.69 Å². The van der Waals surface area contributed by atoms with Crippen LogP contribution in [-0.2, 0) is 11.3 Å². The number of aliphatic imine (C=N–C) groups is 1. The fraction of sp³-hybridized carbons (Fsp3) is 0.118. The largest absolute Gasteiger partial charge is 0.341 e. The third-order valence-electron chi connectivity index (χ3n) is 3.41. The van der Waals surface area contributed by atoms with Gasteiger partial charge < -0.3 is 4.57 Å². The van der Waals surface area contributed by atoms with Gasteiger partial charge in [0.15, 0.2) is 0 Å². The Balaban J connectivity index is 2.07. The Hall–Kier alpha value is -2.64. The van der Waals surface area contributed by atoms with Crippen LogP contribution in [0.3, 0.4) is 0 Å². The maximum Gasteiger partial charge on any atom is 0.240 e. The lowest BCUT2D eigenvalue weighted by molar-refractivity contribution is 0.565. The lowest BCUT2D eigenvalue weighted by atomic mass is 10.1. The minimum absolute atomic E-state index is 0.669. The van der Waals surface area contributed by atoms with Crippen LogP contribution in [-0.4, -0.2) is 10.6 Å². The number of rotatable bonds is 3. The first-order valence-corrected chi connectivity index (χ1v) is 6.49. The van der Waals surface area contributed by atoms with E-state index in [-0.39, 0.29) is 0 Å². The van der Waals surface area contributed by atoms with Crippen LogP contribution in [0.1, 0.15) is 11.1 Å². The van der Waals surface area contributed by atoms with Crippen LogP contribution in [0.15, 0.2) is 59.7 Å². The van der Waals surface area contributed by atoms with Crippen molar-refractivity contribution in [2.45, 2.75) is 13.5 Å². The number of aryl methyl sites for hydroxylation is 1. The molecule has 0 aliphatic heterocycles. The predicted molar refractivity (Wildman–Crippen MR) is 80.0 cm³/mol. The number of aromatic nitrogens is 1. The van der Waals surface area contributed by atoms with Gasteiger partial charge in [0.1, 0.15) is 5.69 Å². The summed E-state index contributed by atoms with van der Waals surface area (Å²) in [4.78, 5) is 14.3. The van der Waals surface area contributed by atoms with Crippen molar-refractivity contribution < 1.29 is 4.79 Å². The number of nitrogens with zero attached hydrogens (tertiary/aromatic N) is 2. The van der Waals surface area contributed by atoms with Crippen molar-refractivity contribution in [1.29, 1.82) is 0 Å². The van der Waals surface area contributed by atoms with Gasteiger partial charge in [0.2, 0.25) is 6.08 Å². The van der Waals surface area contributed by atoms with Crippen LogP contribution in [0.5, 0.6) is 0 Å². The Morgan fingerprint density at radius 1 is 1.10 bits per heavy atom. The molecule has 0 amide bonds. The van der Waals surface area contributed by atoms with Crippen molar-refractivity contribution in [3.63, 3.8) is 0 Å². The van der Waals surface area contributed by atoms with E-state index >= 15 is 0 Å². The normalized spacial score (nSPS) is 10.4. The molecule has 3 aromatic rings. The molecule has 0 spiro atoms. The second-order valence-corrected chi connectivity index (χ2v) is 4.85. The zero-order valence-corrected chi connectivity index (χ0v) is 11.2. The molecule has 20 heavy (non-hydrogen) atoms. The summed E-state index contributed by atoms with van der Waals surface area (Å²) in [6, 6.07) is 16.4. The first-order chi connectivity index (χ1) is 9.78. The smallest absolute Gasteiger partial charge is 0.240 e. The summed E-state index contributed by atoms with van der Waals surface area (Å²) < 4.78 is 2.11. The molecule has 0 N–H and O–H groups in total. The second-order valence-electron chi connectivity index (χ2n) is 4.85.